The minimum Gasteiger partial charge on any atom is -0.489 e. The van der Waals surface area contributed by atoms with Crippen LogP contribution in [0.25, 0.3) is 10.9 Å². The van der Waals surface area contributed by atoms with Gasteiger partial charge in [-0.15, -0.1) is 0 Å². The zero-order valence-electron chi connectivity index (χ0n) is 12.3. The first-order valence-corrected chi connectivity index (χ1v) is 8.17. The molecular weight excluding hydrogens is 389 g/mol. The molecule has 0 amide bonds. The molecule has 0 aliphatic carbocycles. The number of aromatic nitrogens is 1. The van der Waals surface area contributed by atoms with Crippen LogP contribution in [0.1, 0.15) is 5.56 Å². The van der Waals surface area contributed by atoms with Crippen LogP contribution in [0.5, 0.6) is 11.5 Å². The van der Waals surface area contributed by atoms with Crippen molar-refractivity contribution in [3.8, 4) is 11.5 Å². The van der Waals surface area contributed by atoms with Crippen LogP contribution in [0.3, 0.4) is 0 Å². The maximum Gasteiger partial charge on any atom is 0.145 e. The molecule has 0 saturated carbocycles. The predicted octanol–water partition coefficient (Wildman–Crippen LogP) is 4.61. The van der Waals surface area contributed by atoms with E-state index < -0.39 is 0 Å². The van der Waals surface area contributed by atoms with Gasteiger partial charge in [-0.1, -0.05) is 24.3 Å². The summed E-state index contributed by atoms with van der Waals surface area (Å²) in [5.41, 5.74) is 2.12. The fraction of sp³-hybridized carbons (Fsp3) is 0.167. The topological polar surface area (TPSA) is 31.4 Å². The van der Waals surface area contributed by atoms with Crippen LogP contribution >= 0.6 is 22.6 Å². The van der Waals surface area contributed by atoms with Crippen LogP contribution in [0.2, 0.25) is 0 Å². The van der Waals surface area contributed by atoms with Gasteiger partial charge in [0.25, 0.3) is 0 Å². The summed E-state index contributed by atoms with van der Waals surface area (Å²) in [5, 5.41) is 1.08. The molecule has 0 aliphatic heterocycles. The standard InChI is InChI=1S/C18H16INO2/c1-13-7-8-16(15(19)12-13)21-10-11-22-17-6-2-4-14-5-3-9-20-18(14)17/h2-9,12H,10-11H2,1H3. The first-order chi connectivity index (χ1) is 10.7. The number of hydrogen-bond acceptors (Lipinski definition) is 3. The van der Waals surface area contributed by atoms with E-state index in [4.69, 9.17) is 9.47 Å². The van der Waals surface area contributed by atoms with E-state index in [1.54, 1.807) is 6.20 Å². The second-order valence-electron chi connectivity index (χ2n) is 4.96. The summed E-state index contributed by atoms with van der Waals surface area (Å²) < 4.78 is 12.7. The van der Waals surface area contributed by atoms with E-state index in [1.165, 1.54) is 5.56 Å². The number of aryl methyl sites for hydroxylation is 1. The van der Waals surface area contributed by atoms with Gasteiger partial charge in [0.2, 0.25) is 0 Å². The quantitative estimate of drug-likeness (QED) is 0.459. The molecule has 0 N–H and O–H groups in total. The summed E-state index contributed by atoms with van der Waals surface area (Å²) in [6.07, 6.45) is 1.78. The molecule has 0 saturated heterocycles. The summed E-state index contributed by atoms with van der Waals surface area (Å²) in [6, 6.07) is 16.0. The smallest absolute Gasteiger partial charge is 0.145 e. The van der Waals surface area contributed by atoms with Gasteiger partial charge in [-0.2, -0.15) is 0 Å². The summed E-state index contributed by atoms with van der Waals surface area (Å²) in [6.45, 7) is 3.06. The van der Waals surface area contributed by atoms with E-state index in [0.717, 1.165) is 26.0 Å². The molecule has 22 heavy (non-hydrogen) atoms. The van der Waals surface area contributed by atoms with E-state index >= 15 is 0 Å². The van der Waals surface area contributed by atoms with Crippen LogP contribution < -0.4 is 9.47 Å². The fourth-order valence-corrected chi connectivity index (χ4v) is 3.05. The summed E-state index contributed by atoms with van der Waals surface area (Å²) in [4.78, 5) is 4.37. The van der Waals surface area contributed by atoms with Crippen LogP contribution in [0.15, 0.2) is 54.7 Å². The van der Waals surface area contributed by atoms with Crippen LogP contribution in [0.4, 0.5) is 0 Å². The number of ether oxygens (including phenoxy) is 2. The number of fused-ring (bicyclic) bond motifs is 1. The second kappa shape index (κ2) is 6.96. The monoisotopic (exact) mass is 405 g/mol. The number of para-hydroxylation sites is 1. The first kappa shape index (κ1) is 15.1. The van der Waals surface area contributed by atoms with Crippen molar-refractivity contribution in [3.05, 3.63) is 63.9 Å². The van der Waals surface area contributed by atoms with Gasteiger partial charge < -0.3 is 9.47 Å². The normalized spacial score (nSPS) is 10.6. The number of halogens is 1. The molecule has 0 fully saturated rings. The van der Waals surface area contributed by atoms with E-state index in [1.807, 2.05) is 42.5 Å². The Morgan fingerprint density at radius 1 is 0.955 bits per heavy atom. The van der Waals surface area contributed by atoms with E-state index in [-0.39, 0.29) is 0 Å². The number of benzene rings is 2. The molecular formula is C18H16INO2. The minimum atomic E-state index is 0.486. The average Bonchev–Trinajstić information content (AvgIpc) is 2.53. The lowest BCUT2D eigenvalue weighted by atomic mass is 10.2. The van der Waals surface area contributed by atoms with Gasteiger partial charge in [-0.25, -0.2) is 0 Å². The number of pyridine rings is 1. The summed E-state index contributed by atoms with van der Waals surface area (Å²) in [7, 11) is 0. The third kappa shape index (κ3) is 3.50. The highest BCUT2D eigenvalue weighted by Crippen LogP contribution is 2.24. The average molecular weight is 405 g/mol. The molecule has 112 valence electrons. The third-order valence-corrected chi connectivity index (χ3v) is 4.12. The number of hydrogen-bond donors (Lipinski definition) is 0. The van der Waals surface area contributed by atoms with Crippen LogP contribution in [-0.2, 0) is 0 Å². The van der Waals surface area contributed by atoms with E-state index in [2.05, 4.69) is 40.6 Å². The van der Waals surface area contributed by atoms with Gasteiger partial charge in [-0.3, -0.25) is 4.98 Å². The first-order valence-electron chi connectivity index (χ1n) is 7.09. The van der Waals surface area contributed by atoms with E-state index in [9.17, 15) is 0 Å². The molecule has 1 heterocycles. The Bertz CT molecular complexity index is 784. The van der Waals surface area contributed by atoms with E-state index in [0.29, 0.717) is 13.2 Å². The fourth-order valence-electron chi connectivity index (χ4n) is 2.22. The predicted molar refractivity (Wildman–Crippen MR) is 96.6 cm³/mol. The summed E-state index contributed by atoms with van der Waals surface area (Å²) in [5.74, 6) is 1.69. The maximum atomic E-state index is 5.81. The van der Waals surface area contributed by atoms with Crippen molar-refractivity contribution in [2.45, 2.75) is 6.92 Å². The van der Waals surface area contributed by atoms with Gasteiger partial charge in [0.15, 0.2) is 0 Å². The second-order valence-corrected chi connectivity index (χ2v) is 6.12. The van der Waals surface area contributed by atoms with Crippen molar-refractivity contribution in [2.75, 3.05) is 13.2 Å². The Balaban J connectivity index is 1.61. The molecule has 2 aromatic carbocycles. The summed E-state index contributed by atoms with van der Waals surface area (Å²) >= 11 is 2.28. The largest absolute Gasteiger partial charge is 0.489 e. The van der Waals surface area contributed by atoms with Crippen LogP contribution in [0, 0.1) is 10.5 Å². The highest BCUT2D eigenvalue weighted by Gasteiger charge is 2.04. The minimum absolute atomic E-state index is 0.486. The molecule has 0 aliphatic rings. The molecule has 0 radical (unpaired) electrons. The van der Waals surface area contributed by atoms with Gasteiger partial charge in [0.05, 0.1) is 3.57 Å². The van der Waals surface area contributed by atoms with Crippen molar-refractivity contribution in [1.29, 1.82) is 0 Å². The Morgan fingerprint density at radius 2 is 1.73 bits per heavy atom. The Kier molecular flexibility index (Phi) is 4.77. The Hall–Kier alpha value is -1.82. The highest BCUT2D eigenvalue weighted by molar-refractivity contribution is 14.1. The van der Waals surface area contributed by atoms with Crippen molar-refractivity contribution in [2.24, 2.45) is 0 Å². The lowest BCUT2D eigenvalue weighted by molar-refractivity contribution is 0.217. The van der Waals surface area contributed by atoms with Crippen molar-refractivity contribution in [1.82, 2.24) is 4.98 Å². The zero-order chi connectivity index (χ0) is 15.4. The lowest BCUT2D eigenvalue weighted by Crippen LogP contribution is -2.10. The van der Waals surface area contributed by atoms with Gasteiger partial charge in [-0.05, 0) is 59.3 Å². The molecule has 3 nitrogen and oxygen atoms in total. The maximum absolute atomic E-state index is 5.81. The molecule has 0 atom stereocenters. The molecule has 4 heteroatoms. The zero-order valence-corrected chi connectivity index (χ0v) is 14.4. The molecule has 0 bridgehead atoms. The van der Waals surface area contributed by atoms with Gasteiger partial charge in [0.1, 0.15) is 30.2 Å². The SMILES string of the molecule is Cc1ccc(OCCOc2cccc3cccnc23)c(I)c1. The molecule has 3 aromatic rings. The Morgan fingerprint density at radius 3 is 2.55 bits per heavy atom. The number of rotatable bonds is 5. The van der Waals surface area contributed by atoms with Crippen LogP contribution in [-0.4, -0.2) is 18.2 Å². The number of nitrogens with zero attached hydrogens (tertiary/aromatic N) is 1. The Labute approximate surface area is 143 Å². The van der Waals surface area contributed by atoms with Gasteiger partial charge in [0, 0.05) is 11.6 Å². The van der Waals surface area contributed by atoms with Crippen molar-refractivity contribution < 1.29 is 9.47 Å². The third-order valence-electron chi connectivity index (χ3n) is 3.28. The highest BCUT2D eigenvalue weighted by atomic mass is 127. The lowest BCUT2D eigenvalue weighted by Gasteiger charge is -2.11. The molecule has 3 rings (SSSR count). The van der Waals surface area contributed by atoms with Crippen molar-refractivity contribution >= 4 is 33.5 Å². The molecule has 0 unspecified atom stereocenters. The van der Waals surface area contributed by atoms with Crippen molar-refractivity contribution in [3.63, 3.8) is 0 Å². The molecule has 0 spiro atoms. The molecule has 1 aromatic heterocycles. The van der Waals surface area contributed by atoms with Gasteiger partial charge >= 0.3 is 0 Å².